The van der Waals surface area contributed by atoms with Crippen LogP contribution in [0.25, 0.3) is 28.1 Å². The van der Waals surface area contributed by atoms with Crippen molar-refractivity contribution < 1.29 is 20.1 Å². The fourth-order valence-electron chi connectivity index (χ4n) is 3.33. The zero-order valence-corrected chi connectivity index (χ0v) is 16.9. The normalized spacial score (nSPS) is 10.9. The van der Waals surface area contributed by atoms with Crippen LogP contribution in [-0.4, -0.2) is 24.3 Å². The van der Waals surface area contributed by atoms with E-state index < -0.39 is 0 Å². The fraction of sp³-hybridized carbons (Fsp3) is 0.211. The number of aromatic nitrogens is 5. The van der Waals surface area contributed by atoms with Crippen molar-refractivity contribution in [3.05, 3.63) is 59.7 Å². The van der Waals surface area contributed by atoms with E-state index in [2.05, 4.69) is 60.2 Å². The summed E-state index contributed by atoms with van der Waals surface area (Å²) in [5.41, 5.74) is 7.67. The average molecular weight is 509 g/mol. The zero-order valence-electron chi connectivity index (χ0n) is 14.5. The van der Waals surface area contributed by atoms with Crippen LogP contribution in [0.5, 0.6) is 0 Å². The van der Waals surface area contributed by atoms with Crippen molar-refractivity contribution in [1.82, 2.24) is 24.3 Å². The Hall–Kier alpha value is -2.30. The molecule has 6 heteroatoms. The molecule has 25 heavy (non-hydrogen) atoms. The summed E-state index contributed by atoms with van der Waals surface area (Å²) in [5.74, 6) is 0.785. The number of nitrogens with zero attached hydrogens (tertiary/aromatic N) is 5. The van der Waals surface area contributed by atoms with E-state index in [1.54, 1.807) is 12.7 Å². The monoisotopic (exact) mass is 509 g/mol. The minimum absolute atomic E-state index is 0. The van der Waals surface area contributed by atoms with Crippen molar-refractivity contribution in [2.45, 2.75) is 20.8 Å². The summed E-state index contributed by atoms with van der Waals surface area (Å²) < 4.78 is 4.04. The molecule has 0 bridgehead atoms. The fourth-order valence-corrected chi connectivity index (χ4v) is 3.33. The van der Waals surface area contributed by atoms with E-state index in [-0.39, 0.29) is 20.1 Å². The maximum Gasteiger partial charge on any atom is 0.114 e. The molecule has 0 saturated carbocycles. The summed E-state index contributed by atoms with van der Waals surface area (Å²) in [6.07, 6.45) is 3.57. The number of imidazole rings is 1. The zero-order chi connectivity index (χ0) is 16.8. The molecule has 2 heterocycles. The standard InChI is InChI=1S/C19H18N5.Ir/c1-12-7-13(2)18(14(3)8-12)24-11-21-22-19(24)15-5-6-16-17(9-15)23(4)10-20-16;/h6-11H,1-4H3;/q-1;. The summed E-state index contributed by atoms with van der Waals surface area (Å²) in [6.45, 7) is 6.35. The Morgan fingerprint density at radius 2 is 1.72 bits per heavy atom. The van der Waals surface area contributed by atoms with Gasteiger partial charge in [0.05, 0.1) is 12.2 Å². The molecule has 4 aromatic rings. The van der Waals surface area contributed by atoms with Gasteiger partial charge in [-0.05, 0) is 37.4 Å². The van der Waals surface area contributed by atoms with Crippen molar-refractivity contribution in [2.24, 2.45) is 7.05 Å². The van der Waals surface area contributed by atoms with Crippen LogP contribution in [-0.2, 0) is 27.2 Å². The largest absolute Gasteiger partial charge is 0.352 e. The van der Waals surface area contributed by atoms with E-state index in [0.29, 0.717) is 0 Å². The number of fused-ring (bicyclic) bond motifs is 1. The van der Waals surface area contributed by atoms with Crippen molar-refractivity contribution in [2.75, 3.05) is 0 Å². The Balaban J connectivity index is 0.00000182. The minimum Gasteiger partial charge on any atom is -0.352 e. The molecule has 129 valence electrons. The second-order valence-corrected chi connectivity index (χ2v) is 6.24. The first-order chi connectivity index (χ1) is 11.5. The Kier molecular flexibility index (Phi) is 4.58. The molecule has 0 amide bonds. The van der Waals surface area contributed by atoms with Gasteiger partial charge in [-0.3, -0.25) is 4.98 Å². The van der Waals surface area contributed by atoms with E-state index in [1.807, 2.05) is 22.2 Å². The van der Waals surface area contributed by atoms with Crippen LogP contribution >= 0.6 is 0 Å². The molecule has 0 aliphatic carbocycles. The van der Waals surface area contributed by atoms with Gasteiger partial charge in [0, 0.05) is 38.4 Å². The van der Waals surface area contributed by atoms with Crippen molar-refractivity contribution in [1.29, 1.82) is 0 Å². The van der Waals surface area contributed by atoms with Crippen molar-refractivity contribution in [3.8, 4) is 17.1 Å². The number of hydrogen-bond donors (Lipinski definition) is 0. The van der Waals surface area contributed by atoms with Gasteiger partial charge in [-0.2, -0.15) is 5.10 Å². The van der Waals surface area contributed by atoms with Gasteiger partial charge >= 0.3 is 0 Å². The van der Waals surface area contributed by atoms with E-state index in [0.717, 1.165) is 28.1 Å². The van der Waals surface area contributed by atoms with Crippen LogP contribution in [0.1, 0.15) is 16.7 Å². The number of aryl methyl sites for hydroxylation is 4. The number of rotatable bonds is 2. The molecule has 0 atom stereocenters. The second-order valence-electron chi connectivity index (χ2n) is 6.24. The molecular weight excluding hydrogens is 490 g/mol. The van der Waals surface area contributed by atoms with Gasteiger partial charge in [0.25, 0.3) is 0 Å². The Bertz CT molecular complexity index is 1040. The quantitative estimate of drug-likeness (QED) is 0.389. The summed E-state index contributed by atoms with van der Waals surface area (Å²) in [5, 5.41) is 8.48. The molecule has 2 aromatic heterocycles. The molecule has 0 spiro atoms. The Morgan fingerprint density at radius 3 is 2.44 bits per heavy atom. The van der Waals surface area contributed by atoms with E-state index in [1.165, 1.54) is 16.7 Å². The maximum absolute atomic E-state index is 4.35. The third kappa shape index (κ3) is 2.92. The molecule has 2 aromatic carbocycles. The average Bonchev–Trinajstić information content (AvgIpc) is 3.14. The van der Waals surface area contributed by atoms with Crippen LogP contribution in [0.4, 0.5) is 0 Å². The van der Waals surface area contributed by atoms with E-state index >= 15 is 0 Å². The molecule has 0 fully saturated rings. The first-order valence-electron chi connectivity index (χ1n) is 7.86. The summed E-state index contributed by atoms with van der Waals surface area (Å²) >= 11 is 0. The predicted octanol–water partition coefficient (Wildman–Crippen LogP) is 3.54. The minimum atomic E-state index is 0. The molecule has 4 rings (SSSR count). The summed E-state index contributed by atoms with van der Waals surface area (Å²) in [6, 6.07) is 11.6. The maximum atomic E-state index is 4.35. The van der Waals surface area contributed by atoms with Crippen molar-refractivity contribution >= 4 is 11.0 Å². The molecule has 0 saturated heterocycles. The molecule has 0 unspecified atom stereocenters. The first kappa shape index (κ1) is 17.5. The van der Waals surface area contributed by atoms with Crippen LogP contribution < -0.4 is 0 Å². The summed E-state index contributed by atoms with van der Waals surface area (Å²) in [7, 11) is 1.98. The van der Waals surface area contributed by atoms with Gasteiger partial charge in [-0.15, -0.1) is 28.9 Å². The van der Waals surface area contributed by atoms with Gasteiger partial charge in [-0.25, -0.2) is 0 Å². The van der Waals surface area contributed by atoms with Gasteiger partial charge in [0.2, 0.25) is 0 Å². The third-order valence-corrected chi connectivity index (χ3v) is 4.32. The van der Waals surface area contributed by atoms with Gasteiger partial charge in [0.1, 0.15) is 6.33 Å². The third-order valence-electron chi connectivity index (χ3n) is 4.32. The smallest absolute Gasteiger partial charge is 0.114 e. The number of hydrogen-bond acceptors (Lipinski definition) is 3. The van der Waals surface area contributed by atoms with Crippen LogP contribution in [0.15, 0.2) is 36.9 Å². The number of benzene rings is 2. The summed E-state index contributed by atoms with van der Waals surface area (Å²) in [4.78, 5) is 4.35. The van der Waals surface area contributed by atoms with Crippen molar-refractivity contribution in [3.63, 3.8) is 0 Å². The first-order valence-corrected chi connectivity index (χ1v) is 7.86. The second kappa shape index (κ2) is 6.54. The topological polar surface area (TPSA) is 48.5 Å². The van der Waals surface area contributed by atoms with Crippen LogP contribution in [0.2, 0.25) is 0 Å². The molecule has 0 aliphatic heterocycles. The van der Waals surface area contributed by atoms with E-state index in [4.69, 9.17) is 0 Å². The SMILES string of the molecule is Cc1cc(C)c(-n2cnnc2-c2[c-]cc3ncn(C)c3c2)c(C)c1.[Ir]. The molecule has 0 N–H and O–H groups in total. The van der Waals surface area contributed by atoms with Gasteiger partial charge in [0.15, 0.2) is 0 Å². The molecule has 0 aliphatic rings. The van der Waals surface area contributed by atoms with Crippen LogP contribution in [0, 0.1) is 26.8 Å². The van der Waals surface area contributed by atoms with Gasteiger partial charge in [-0.1, -0.05) is 17.7 Å². The van der Waals surface area contributed by atoms with Crippen LogP contribution in [0.3, 0.4) is 0 Å². The molecule has 1 radical (unpaired) electrons. The van der Waals surface area contributed by atoms with Gasteiger partial charge < -0.3 is 9.13 Å². The molecule has 5 nitrogen and oxygen atoms in total. The van der Waals surface area contributed by atoms with E-state index in [9.17, 15) is 0 Å². The Morgan fingerprint density at radius 1 is 1.00 bits per heavy atom. The Labute approximate surface area is 160 Å². The predicted molar refractivity (Wildman–Crippen MR) is 94.1 cm³/mol. The molecular formula is C19H18IrN5-.